The predicted octanol–water partition coefficient (Wildman–Crippen LogP) is 1.60. The highest BCUT2D eigenvalue weighted by Crippen LogP contribution is 2.24. The molecule has 0 radical (unpaired) electrons. The highest BCUT2D eigenvalue weighted by molar-refractivity contribution is 7.89. The van der Waals surface area contributed by atoms with Crippen LogP contribution in [0.25, 0.3) is 0 Å². The number of hydrogen-bond acceptors (Lipinski definition) is 3. The van der Waals surface area contributed by atoms with Crippen LogP contribution in [0.5, 0.6) is 0 Å². The Morgan fingerprint density at radius 2 is 1.84 bits per heavy atom. The summed E-state index contributed by atoms with van der Waals surface area (Å²) in [7, 11) is -3.65. The Labute approximate surface area is 113 Å². The predicted molar refractivity (Wildman–Crippen MR) is 71.8 cm³/mol. The van der Waals surface area contributed by atoms with Gasteiger partial charge in [0, 0.05) is 12.1 Å². The number of benzene rings is 1. The Hall–Kier alpha value is -0.980. The Balaban J connectivity index is 2.34. The molecule has 0 aliphatic heterocycles. The van der Waals surface area contributed by atoms with Crippen molar-refractivity contribution < 1.29 is 12.8 Å². The van der Waals surface area contributed by atoms with E-state index in [9.17, 15) is 12.8 Å². The van der Waals surface area contributed by atoms with Crippen LogP contribution in [-0.4, -0.2) is 20.5 Å². The van der Waals surface area contributed by atoms with E-state index in [4.69, 9.17) is 5.73 Å². The van der Waals surface area contributed by atoms with Gasteiger partial charge in [0.05, 0.1) is 4.90 Å². The van der Waals surface area contributed by atoms with E-state index in [1.165, 1.54) is 12.1 Å². The topological polar surface area (TPSA) is 72.2 Å². The van der Waals surface area contributed by atoms with Gasteiger partial charge in [0.15, 0.2) is 0 Å². The molecule has 0 heterocycles. The Bertz CT molecular complexity index is 563. The molecule has 0 spiro atoms. The summed E-state index contributed by atoms with van der Waals surface area (Å²) in [5, 5.41) is 0. The Morgan fingerprint density at radius 1 is 1.26 bits per heavy atom. The fourth-order valence-electron chi connectivity index (χ4n) is 2.71. The van der Waals surface area contributed by atoms with Crippen LogP contribution >= 0.6 is 0 Å². The van der Waals surface area contributed by atoms with Crippen molar-refractivity contribution in [2.75, 3.05) is 0 Å². The van der Waals surface area contributed by atoms with Gasteiger partial charge in [-0.2, -0.15) is 0 Å². The first kappa shape index (κ1) is 14.4. The molecule has 106 valence electrons. The number of sulfonamides is 1. The van der Waals surface area contributed by atoms with Gasteiger partial charge in [0.1, 0.15) is 5.82 Å². The maximum Gasteiger partial charge on any atom is 0.241 e. The van der Waals surface area contributed by atoms with Gasteiger partial charge in [0.2, 0.25) is 10.0 Å². The lowest BCUT2D eigenvalue weighted by Crippen LogP contribution is -2.44. The van der Waals surface area contributed by atoms with E-state index in [-0.39, 0.29) is 17.0 Å². The van der Waals surface area contributed by atoms with E-state index in [0.29, 0.717) is 11.1 Å². The van der Waals surface area contributed by atoms with Crippen LogP contribution in [0, 0.1) is 19.7 Å². The van der Waals surface area contributed by atoms with Crippen LogP contribution in [0.15, 0.2) is 17.0 Å². The lowest BCUT2D eigenvalue weighted by Gasteiger charge is -2.19. The van der Waals surface area contributed by atoms with Crippen molar-refractivity contribution in [1.82, 2.24) is 4.72 Å². The van der Waals surface area contributed by atoms with Gasteiger partial charge >= 0.3 is 0 Å². The molecule has 1 aromatic carbocycles. The monoisotopic (exact) mass is 286 g/mol. The number of aryl methyl sites for hydroxylation is 2. The summed E-state index contributed by atoms with van der Waals surface area (Å²) >= 11 is 0. The third-order valence-corrected chi connectivity index (χ3v) is 5.36. The molecule has 1 aliphatic carbocycles. The Kier molecular flexibility index (Phi) is 3.94. The van der Waals surface area contributed by atoms with Gasteiger partial charge in [-0.15, -0.1) is 0 Å². The molecule has 6 heteroatoms. The van der Waals surface area contributed by atoms with Gasteiger partial charge in [-0.05, 0) is 49.9 Å². The first-order valence-corrected chi connectivity index (χ1v) is 7.84. The van der Waals surface area contributed by atoms with Crippen LogP contribution in [0.3, 0.4) is 0 Å². The van der Waals surface area contributed by atoms with Gasteiger partial charge in [-0.1, -0.05) is 6.42 Å². The molecule has 19 heavy (non-hydrogen) atoms. The average molecular weight is 286 g/mol. The molecule has 2 rings (SSSR count). The highest BCUT2D eigenvalue weighted by atomic mass is 32.2. The van der Waals surface area contributed by atoms with E-state index in [1.807, 2.05) is 0 Å². The zero-order valence-electron chi connectivity index (χ0n) is 11.1. The maximum atomic E-state index is 13.2. The maximum absolute atomic E-state index is 13.2. The van der Waals surface area contributed by atoms with Crippen molar-refractivity contribution in [2.24, 2.45) is 5.73 Å². The second kappa shape index (κ2) is 5.19. The minimum Gasteiger partial charge on any atom is -0.326 e. The summed E-state index contributed by atoms with van der Waals surface area (Å²) in [6.07, 6.45) is 2.50. The normalized spacial score (nSPS) is 23.8. The molecule has 0 amide bonds. The molecule has 2 unspecified atom stereocenters. The number of hydrogen-bond donors (Lipinski definition) is 2. The molecule has 3 N–H and O–H groups in total. The van der Waals surface area contributed by atoms with Crippen LogP contribution in [0.2, 0.25) is 0 Å². The number of rotatable bonds is 3. The summed E-state index contributed by atoms with van der Waals surface area (Å²) in [5.74, 6) is -0.425. The van der Waals surface area contributed by atoms with Gasteiger partial charge in [0.25, 0.3) is 0 Å². The van der Waals surface area contributed by atoms with E-state index >= 15 is 0 Å². The minimum atomic E-state index is -3.65. The zero-order valence-corrected chi connectivity index (χ0v) is 11.9. The van der Waals surface area contributed by atoms with E-state index in [1.54, 1.807) is 13.8 Å². The molecule has 4 nitrogen and oxygen atoms in total. The second-order valence-corrected chi connectivity index (χ2v) is 6.84. The van der Waals surface area contributed by atoms with Crippen LogP contribution in [0.1, 0.15) is 30.4 Å². The molecule has 1 fully saturated rings. The fourth-order valence-corrected chi connectivity index (χ4v) is 4.49. The molecule has 0 bridgehead atoms. The van der Waals surface area contributed by atoms with Gasteiger partial charge in [-0.3, -0.25) is 0 Å². The van der Waals surface area contributed by atoms with Crippen molar-refractivity contribution in [3.63, 3.8) is 0 Å². The molecule has 1 saturated carbocycles. The molecular weight excluding hydrogens is 267 g/mol. The molecule has 2 atom stereocenters. The second-order valence-electron chi connectivity index (χ2n) is 5.19. The lowest BCUT2D eigenvalue weighted by atomic mass is 10.1. The quantitative estimate of drug-likeness (QED) is 0.886. The zero-order chi connectivity index (χ0) is 14.2. The molecule has 1 aromatic rings. The summed E-state index contributed by atoms with van der Waals surface area (Å²) < 4.78 is 40.7. The summed E-state index contributed by atoms with van der Waals surface area (Å²) in [6.45, 7) is 3.19. The fraction of sp³-hybridized carbons (Fsp3) is 0.538. The summed E-state index contributed by atoms with van der Waals surface area (Å²) in [4.78, 5) is 0.160. The minimum absolute atomic E-state index is 0.143. The number of halogens is 1. The van der Waals surface area contributed by atoms with E-state index < -0.39 is 15.8 Å². The first-order chi connectivity index (χ1) is 8.81. The standard InChI is InChI=1S/C13H19FN2O2S/c1-8-6-10(14)7-9(2)13(8)19(17,18)16-12-5-3-4-11(12)15/h6-7,11-12,16H,3-5,15H2,1-2H3. The SMILES string of the molecule is Cc1cc(F)cc(C)c1S(=O)(=O)NC1CCCC1N. The van der Waals surface area contributed by atoms with Crippen molar-refractivity contribution in [3.8, 4) is 0 Å². The largest absolute Gasteiger partial charge is 0.326 e. The van der Waals surface area contributed by atoms with Crippen LogP contribution in [0.4, 0.5) is 4.39 Å². The van der Waals surface area contributed by atoms with Crippen molar-refractivity contribution in [1.29, 1.82) is 0 Å². The highest BCUT2D eigenvalue weighted by Gasteiger charge is 2.30. The van der Waals surface area contributed by atoms with E-state index in [0.717, 1.165) is 19.3 Å². The molecular formula is C13H19FN2O2S. The first-order valence-electron chi connectivity index (χ1n) is 6.36. The van der Waals surface area contributed by atoms with Gasteiger partial charge < -0.3 is 5.73 Å². The van der Waals surface area contributed by atoms with Crippen molar-refractivity contribution in [2.45, 2.75) is 50.1 Å². The van der Waals surface area contributed by atoms with E-state index in [2.05, 4.69) is 4.72 Å². The van der Waals surface area contributed by atoms with Crippen molar-refractivity contribution in [3.05, 3.63) is 29.1 Å². The van der Waals surface area contributed by atoms with Crippen LogP contribution < -0.4 is 10.5 Å². The average Bonchev–Trinajstić information content (AvgIpc) is 2.61. The molecule has 1 aliphatic rings. The van der Waals surface area contributed by atoms with Gasteiger partial charge in [-0.25, -0.2) is 17.5 Å². The number of nitrogens with two attached hydrogens (primary N) is 1. The van der Waals surface area contributed by atoms with Crippen LogP contribution in [-0.2, 0) is 10.0 Å². The molecule has 0 saturated heterocycles. The molecule has 0 aromatic heterocycles. The smallest absolute Gasteiger partial charge is 0.241 e. The Morgan fingerprint density at radius 3 is 2.32 bits per heavy atom. The third kappa shape index (κ3) is 2.96. The summed E-state index contributed by atoms with van der Waals surface area (Å²) in [6, 6.07) is 2.09. The third-order valence-electron chi connectivity index (χ3n) is 3.57. The summed E-state index contributed by atoms with van der Waals surface area (Å²) in [5.41, 5.74) is 6.70. The number of nitrogens with one attached hydrogen (secondary N) is 1. The lowest BCUT2D eigenvalue weighted by molar-refractivity contribution is 0.521. The van der Waals surface area contributed by atoms with Crippen molar-refractivity contribution >= 4 is 10.0 Å².